The van der Waals surface area contributed by atoms with Crippen molar-refractivity contribution in [2.45, 2.75) is 83.8 Å². The van der Waals surface area contributed by atoms with Crippen LogP contribution in [0.25, 0.3) is 0 Å². The summed E-state index contributed by atoms with van der Waals surface area (Å²) in [5.41, 5.74) is 4.91. The first-order valence-corrected chi connectivity index (χ1v) is 8.68. The molecule has 0 aromatic rings. The number of unbranched alkanes of at least 4 members (excludes halogenated alkanes) is 1. The number of carbonyl (C=O) groups is 1. The van der Waals surface area contributed by atoms with Crippen LogP contribution in [-0.2, 0) is 9.53 Å². The van der Waals surface area contributed by atoms with E-state index in [4.69, 9.17) is 10.5 Å². The van der Waals surface area contributed by atoms with Crippen molar-refractivity contribution in [3.8, 4) is 0 Å². The number of amides is 1. The van der Waals surface area contributed by atoms with Gasteiger partial charge in [-0.15, -0.1) is 0 Å². The van der Waals surface area contributed by atoms with Crippen LogP contribution in [0.2, 0.25) is 0 Å². The van der Waals surface area contributed by atoms with E-state index in [0.717, 1.165) is 38.3 Å². The average molecular weight is 298 g/mol. The van der Waals surface area contributed by atoms with Crippen LogP contribution in [0.1, 0.15) is 72.1 Å². The number of primary amides is 1. The lowest BCUT2D eigenvalue weighted by atomic mass is 9.85. The molecule has 0 bridgehead atoms. The Morgan fingerprint density at radius 1 is 1.33 bits per heavy atom. The predicted molar refractivity (Wildman–Crippen MR) is 87.1 cm³/mol. The lowest BCUT2D eigenvalue weighted by Gasteiger charge is -2.29. The molecular weight excluding hydrogens is 264 g/mol. The van der Waals surface area contributed by atoms with Crippen molar-refractivity contribution in [1.29, 1.82) is 0 Å². The second kappa shape index (κ2) is 9.42. The van der Waals surface area contributed by atoms with Crippen molar-refractivity contribution >= 4 is 5.91 Å². The molecule has 21 heavy (non-hydrogen) atoms. The molecular formula is C17H34N2O2. The molecule has 1 fully saturated rings. The van der Waals surface area contributed by atoms with Gasteiger partial charge in [-0.2, -0.15) is 0 Å². The molecule has 0 aliphatic heterocycles. The fraction of sp³-hybridized carbons (Fsp3) is 0.941. The maximum Gasteiger partial charge on any atom is 0.237 e. The van der Waals surface area contributed by atoms with Crippen molar-refractivity contribution < 1.29 is 9.53 Å². The first-order chi connectivity index (χ1) is 10.0. The molecule has 1 rings (SSSR count). The number of likely N-dealkylation sites (N-methyl/N-ethyl adjacent to an activating group) is 1. The highest BCUT2D eigenvalue weighted by Crippen LogP contribution is 2.28. The highest BCUT2D eigenvalue weighted by atomic mass is 16.5. The molecule has 3 atom stereocenters. The third kappa shape index (κ3) is 6.35. The lowest BCUT2D eigenvalue weighted by molar-refractivity contribution is -0.124. The Hall–Kier alpha value is -0.610. The molecule has 1 amide bonds. The van der Waals surface area contributed by atoms with E-state index in [-0.39, 0.29) is 5.91 Å². The summed E-state index contributed by atoms with van der Waals surface area (Å²) < 4.78 is 6.01. The number of hydrogen-bond acceptors (Lipinski definition) is 3. The van der Waals surface area contributed by atoms with E-state index in [1.165, 1.54) is 32.1 Å². The molecule has 3 unspecified atom stereocenters. The summed E-state index contributed by atoms with van der Waals surface area (Å²) in [6, 6.07) is 0. The van der Waals surface area contributed by atoms with E-state index in [1.807, 2.05) is 13.8 Å². The highest BCUT2D eigenvalue weighted by Gasteiger charge is 2.29. The second-order valence-electron chi connectivity index (χ2n) is 6.62. The fourth-order valence-electron chi connectivity index (χ4n) is 3.28. The molecule has 0 aromatic heterocycles. The van der Waals surface area contributed by atoms with Crippen molar-refractivity contribution in [1.82, 2.24) is 5.32 Å². The molecule has 0 spiro atoms. The summed E-state index contributed by atoms with van der Waals surface area (Å²) >= 11 is 0. The van der Waals surface area contributed by atoms with Gasteiger partial charge in [0.1, 0.15) is 0 Å². The van der Waals surface area contributed by atoms with Crippen LogP contribution in [0, 0.1) is 5.92 Å². The van der Waals surface area contributed by atoms with E-state index in [2.05, 4.69) is 12.2 Å². The molecule has 124 valence electrons. The molecule has 0 radical (unpaired) electrons. The zero-order valence-electron chi connectivity index (χ0n) is 14.1. The molecule has 1 aliphatic carbocycles. The van der Waals surface area contributed by atoms with Crippen LogP contribution >= 0.6 is 0 Å². The lowest BCUT2D eigenvalue weighted by Crippen LogP contribution is -2.53. The third-order valence-corrected chi connectivity index (χ3v) is 4.85. The summed E-state index contributed by atoms with van der Waals surface area (Å²) in [6.45, 7) is 7.74. The maximum absolute atomic E-state index is 11.5. The molecule has 3 N–H and O–H groups in total. The molecule has 4 heteroatoms. The van der Waals surface area contributed by atoms with E-state index in [0.29, 0.717) is 6.10 Å². The summed E-state index contributed by atoms with van der Waals surface area (Å²) in [6.07, 6.45) is 9.61. The van der Waals surface area contributed by atoms with Crippen molar-refractivity contribution in [3.05, 3.63) is 0 Å². The Balaban J connectivity index is 2.17. The number of nitrogens with one attached hydrogen (secondary N) is 1. The largest absolute Gasteiger partial charge is 0.378 e. The van der Waals surface area contributed by atoms with Crippen LogP contribution in [0.5, 0.6) is 0 Å². The number of nitrogens with two attached hydrogens (primary N) is 1. The minimum absolute atomic E-state index is 0.261. The van der Waals surface area contributed by atoms with Crippen LogP contribution in [-0.4, -0.2) is 30.7 Å². The highest BCUT2D eigenvalue weighted by molar-refractivity contribution is 5.84. The Morgan fingerprint density at radius 2 is 2.10 bits per heavy atom. The predicted octanol–water partition coefficient (Wildman–Crippen LogP) is 3.00. The van der Waals surface area contributed by atoms with Gasteiger partial charge in [-0.1, -0.05) is 33.1 Å². The van der Waals surface area contributed by atoms with Crippen LogP contribution in [0.15, 0.2) is 0 Å². The summed E-state index contributed by atoms with van der Waals surface area (Å²) in [7, 11) is 0. The Bertz CT molecular complexity index is 309. The standard InChI is InChI=1S/C17H34N2O2/c1-4-14-9-8-10-15(13-14)21-12-7-6-11-17(3,16(18)20)19-5-2/h14-15,19H,4-13H2,1-3H3,(H2,18,20). The Morgan fingerprint density at radius 3 is 2.71 bits per heavy atom. The van der Waals surface area contributed by atoms with Gasteiger partial charge in [0.15, 0.2) is 0 Å². The van der Waals surface area contributed by atoms with Crippen molar-refractivity contribution in [2.24, 2.45) is 11.7 Å². The maximum atomic E-state index is 11.5. The van der Waals surface area contributed by atoms with Crippen LogP contribution in [0.4, 0.5) is 0 Å². The minimum Gasteiger partial charge on any atom is -0.378 e. The molecule has 1 saturated carbocycles. The Kier molecular flexibility index (Phi) is 8.27. The van der Waals surface area contributed by atoms with Gasteiger partial charge in [0.25, 0.3) is 0 Å². The normalized spacial score (nSPS) is 25.5. The van der Waals surface area contributed by atoms with Crippen LogP contribution < -0.4 is 11.1 Å². The number of ether oxygens (including phenoxy) is 1. The van der Waals surface area contributed by atoms with Gasteiger partial charge in [-0.25, -0.2) is 0 Å². The molecule has 0 aromatic carbocycles. The van der Waals surface area contributed by atoms with Gasteiger partial charge in [0.2, 0.25) is 5.91 Å². The summed E-state index contributed by atoms with van der Waals surface area (Å²) in [4.78, 5) is 11.5. The average Bonchev–Trinajstić information content (AvgIpc) is 2.47. The Labute approximate surface area is 130 Å². The van der Waals surface area contributed by atoms with Crippen molar-refractivity contribution in [2.75, 3.05) is 13.2 Å². The number of carbonyl (C=O) groups excluding carboxylic acids is 1. The van der Waals surface area contributed by atoms with Gasteiger partial charge in [-0.3, -0.25) is 4.79 Å². The van der Waals surface area contributed by atoms with E-state index in [1.54, 1.807) is 0 Å². The monoisotopic (exact) mass is 298 g/mol. The summed E-state index contributed by atoms with van der Waals surface area (Å²) in [5.74, 6) is 0.596. The van der Waals surface area contributed by atoms with Gasteiger partial charge in [-0.05, 0) is 51.5 Å². The number of rotatable bonds is 10. The van der Waals surface area contributed by atoms with Gasteiger partial charge in [0.05, 0.1) is 11.6 Å². The molecule has 4 nitrogen and oxygen atoms in total. The first-order valence-electron chi connectivity index (χ1n) is 8.68. The smallest absolute Gasteiger partial charge is 0.237 e. The zero-order chi connectivity index (χ0) is 15.7. The molecule has 0 heterocycles. The van der Waals surface area contributed by atoms with E-state index < -0.39 is 5.54 Å². The second-order valence-corrected chi connectivity index (χ2v) is 6.62. The zero-order valence-corrected chi connectivity index (χ0v) is 14.1. The third-order valence-electron chi connectivity index (χ3n) is 4.85. The van der Waals surface area contributed by atoms with Crippen molar-refractivity contribution in [3.63, 3.8) is 0 Å². The minimum atomic E-state index is -0.576. The van der Waals surface area contributed by atoms with Gasteiger partial charge in [0, 0.05) is 6.61 Å². The van der Waals surface area contributed by atoms with Crippen LogP contribution in [0.3, 0.4) is 0 Å². The van der Waals surface area contributed by atoms with E-state index in [9.17, 15) is 4.79 Å². The quantitative estimate of drug-likeness (QED) is 0.609. The molecule has 0 saturated heterocycles. The summed E-state index contributed by atoms with van der Waals surface area (Å²) in [5, 5.41) is 3.20. The topological polar surface area (TPSA) is 64.3 Å². The molecule has 1 aliphatic rings. The van der Waals surface area contributed by atoms with Gasteiger partial charge >= 0.3 is 0 Å². The van der Waals surface area contributed by atoms with Gasteiger partial charge < -0.3 is 15.8 Å². The van der Waals surface area contributed by atoms with E-state index >= 15 is 0 Å². The first kappa shape index (κ1) is 18.4. The SMILES string of the molecule is CCNC(C)(CCCCOC1CCCC(CC)C1)C(N)=O. The number of hydrogen-bond donors (Lipinski definition) is 2. The fourth-order valence-corrected chi connectivity index (χ4v) is 3.28.